The molecule has 24 heavy (non-hydrogen) atoms. The van der Waals surface area contributed by atoms with Crippen molar-refractivity contribution >= 4 is 17.2 Å². The minimum absolute atomic E-state index is 0.0782. The molecule has 3 aromatic heterocycles. The summed E-state index contributed by atoms with van der Waals surface area (Å²) in [6, 6.07) is 3.78. The highest BCUT2D eigenvalue weighted by Gasteiger charge is 2.30. The normalized spacial score (nSPS) is 14.0. The maximum absolute atomic E-state index is 12.7. The number of hydrogen-bond acceptors (Lipinski definition) is 5. The first-order valence-corrected chi connectivity index (χ1v) is 8.89. The molecule has 0 fully saturated rings. The number of rotatable bonds is 3. The minimum Gasteiger partial charge on any atom is -0.440 e. The van der Waals surface area contributed by atoms with E-state index in [1.165, 1.54) is 17.0 Å². The molecule has 6 nitrogen and oxygen atoms in total. The van der Waals surface area contributed by atoms with Crippen LogP contribution in [0.25, 0.3) is 11.6 Å². The Morgan fingerprint density at radius 3 is 3.00 bits per heavy atom. The van der Waals surface area contributed by atoms with Crippen molar-refractivity contribution in [1.29, 1.82) is 0 Å². The lowest BCUT2D eigenvalue weighted by Gasteiger charge is -2.27. The molecule has 3 aromatic rings. The van der Waals surface area contributed by atoms with E-state index in [9.17, 15) is 4.79 Å². The Bertz CT molecular complexity index is 879. The van der Waals surface area contributed by atoms with Gasteiger partial charge in [0.15, 0.2) is 5.69 Å². The molecule has 124 valence electrons. The van der Waals surface area contributed by atoms with E-state index in [0.717, 1.165) is 34.9 Å². The maximum atomic E-state index is 12.7. The van der Waals surface area contributed by atoms with Crippen molar-refractivity contribution < 1.29 is 9.21 Å². The van der Waals surface area contributed by atoms with Gasteiger partial charge in [-0.05, 0) is 25.3 Å². The van der Waals surface area contributed by atoms with Crippen molar-refractivity contribution in [2.24, 2.45) is 0 Å². The van der Waals surface area contributed by atoms with Crippen LogP contribution in [0, 0.1) is 6.92 Å². The SMILES string of the molecule is CCn1nc(-c2ncc(C)o2)c2c1CCN(C(=O)c1cccs1)C2. The van der Waals surface area contributed by atoms with Crippen LogP contribution in [0.15, 0.2) is 28.1 Å². The standard InChI is InChI=1S/C17H18N4O2S/c1-3-21-13-6-7-20(17(22)14-5-4-8-24-14)10-12(13)15(19-21)16-18-9-11(2)23-16/h4-5,8-9H,3,6-7,10H2,1-2H3. The van der Waals surface area contributed by atoms with Gasteiger partial charge in [-0.15, -0.1) is 11.3 Å². The van der Waals surface area contributed by atoms with Crippen molar-refractivity contribution in [3.8, 4) is 11.6 Å². The lowest BCUT2D eigenvalue weighted by molar-refractivity contribution is 0.0738. The van der Waals surface area contributed by atoms with Crippen molar-refractivity contribution in [2.75, 3.05) is 6.54 Å². The van der Waals surface area contributed by atoms with Gasteiger partial charge >= 0.3 is 0 Å². The Labute approximate surface area is 143 Å². The Morgan fingerprint density at radius 1 is 1.46 bits per heavy atom. The van der Waals surface area contributed by atoms with Crippen LogP contribution in [0.3, 0.4) is 0 Å². The summed E-state index contributed by atoms with van der Waals surface area (Å²) < 4.78 is 7.67. The van der Waals surface area contributed by atoms with E-state index in [-0.39, 0.29) is 5.91 Å². The van der Waals surface area contributed by atoms with Crippen LogP contribution in [0.4, 0.5) is 0 Å². The largest absolute Gasteiger partial charge is 0.440 e. The second kappa shape index (κ2) is 5.90. The number of fused-ring (bicyclic) bond motifs is 1. The predicted octanol–water partition coefficient (Wildman–Crippen LogP) is 3.13. The zero-order chi connectivity index (χ0) is 16.7. The fraction of sp³-hybridized carbons (Fsp3) is 0.353. The van der Waals surface area contributed by atoms with Crippen LogP contribution in [0.5, 0.6) is 0 Å². The molecule has 0 aromatic carbocycles. The van der Waals surface area contributed by atoms with E-state index in [4.69, 9.17) is 4.42 Å². The molecule has 0 spiro atoms. The molecule has 0 atom stereocenters. The Kier molecular flexibility index (Phi) is 3.72. The quantitative estimate of drug-likeness (QED) is 0.733. The number of aromatic nitrogens is 3. The van der Waals surface area contributed by atoms with Gasteiger partial charge in [-0.2, -0.15) is 5.10 Å². The zero-order valence-electron chi connectivity index (χ0n) is 13.7. The molecule has 0 saturated heterocycles. The molecular weight excluding hydrogens is 324 g/mol. The number of oxazole rings is 1. The topological polar surface area (TPSA) is 64.2 Å². The third kappa shape index (κ3) is 2.45. The fourth-order valence-corrected chi connectivity index (χ4v) is 3.81. The second-order valence-electron chi connectivity index (χ2n) is 5.82. The third-order valence-electron chi connectivity index (χ3n) is 4.28. The Morgan fingerprint density at radius 2 is 2.33 bits per heavy atom. The monoisotopic (exact) mass is 342 g/mol. The summed E-state index contributed by atoms with van der Waals surface area (Å²) >= 11 is 1.48. The van der Waals surface area contributed by atoms with Crippen LogP contribution < -0.4 is 0 Å². The molecular formula is C17H18N4O2S. The van der Waals surface area contributed by atoms with Crippen LogP contribution >= 0.6 is 11.3 Å². The lowest BCUT2D eigenvalue weighted by atomic mass is 10.0. The van der Waals surface area contributed by atoms with Crippen LogP contribution in [0.1, 0.15) is 33.6 Å². The average molecular weight is 342 g/mol. The highest BCUT2D eigenvalue weighted by atomic mass is 32.1. The summed E-state index contributed by atoms with van der Waals surface area (Å²) in [4.78, 5) is 19.6. The number of thiophene rings is 1. The summed E-state index contributed by atoms with van der Waals surface area (Å²) in [5, 5.41) is 6.60. The van der Waals surface area contributed by atoms with Crippen LogP contribution in [-0.2, 0) is 19.5 Å². The van der Waals surface area contributed by atoms with E-state index in [2.05, 4.69) is 17.0 Å². The van der Waals surface area contributed by atoms with Gasteiger partial charge in [-0.3, -0.25) is 9.48 Å². The lowest BCUT2D eigenvalue weighted by Crippen LogP contribution is -2.36. The number of carbonyl (C=O) groups is 1. The average Bonchev–Trinajstić information content (AvgIpc) is 3.32. The van der Waals surface area contributed by atoms with Crippen molar-refractivity contribution in [2.45, 2.75) is 33.4 Å². The zero-order valence-corrected chi connectivity index (χ0v) is 14.5. The van der Waals surface area contributed by atoms with E-state index in [1.54, 1.807) is 6.20 Å². The number of nitrogens with zero attached hydrogens (tertiary/aromatic N) is 4. The van der Waals surface area contributed by atoms with Gasteiger partial charge in [-0.1, -0.05) is 6.07 Å². The van der Waals surface area contributed by atoms with Gasteiger partial charge in [0.1, 0.15) is 5.76 Å². The highest BCUT2D eigenvalue weighted by Crippen LogP contribution is 2.30. The molecule has 0 bridgehead atoms. The smallest absolute Gasteiger partial charge is 0.264 e. The van der Waals surface area contributed by atoms with Gasteiger partial charge < -0.3 is 9.32 Å². The van der Waals surface area contributed by atoms with E-state index < -0.39 is 0 Å². The predicted molar refractivity (Wildman–Crippen MR) is 90.9 cm³/mol. The molecule has 4 rings (SSSR count). The molecule has 1 amide bonds. The summed E-state index contributed by atoms with van der Waals surface area (Å²) in [7, 11) is 0. The van der Waals surface area contributed by atoms with Crippen LogP contribution in [0.2, 0.25) is 0 Å². The van der Waals surface area contributed by atoms with Crippen molar-refractivity contribution in [1.82, 2.24) is 19.7 Å². The first-order chi connectivity index (χ1) is 11.7. The first kappa shape index (κ1) is 15.1. The van der Waals surface area contributed by atoms with Gasteiger partial charge in [0.2, 0.25) is 5.89 Å². The molecule has 0 N–H and O–H groups in total. The number of amides is 1. The molecule has 0 unspecified atom stereocenters. The second-order valence-corrected chi connectivity index (χ2v) is 6.77. The van der Waals surface area contributed by atoms with E-state index in [1.807, 2.05) is 34.0 Å². The van der Waals surface area contributed by atoms with Gasteiger partial charge in [0, 0.05) is 30.8 Å². The molecule has 0 aliphatic carbocycles. The molecule has 0 radical (unpaired) electrons. The van der Waals surface area contributed by atoms with Crippen LogP contribution in [-0.4, -0.2) is 32.1 Å². The highest BCUT2D eigenvalue weighted by molar-refractivity contribution is 7.12. The number of hydrogen-bond donors (Lipinski definition) is 0. The van der Waals surface area contributed by atoms with Gasteiger partial charge in [-0.25, -0.2) is 4.98 Å². The summed E-state index contributed by atoms with van der Waals surface area (Å²) in [6.07, 6.45) is 2.50. The Hall–Kier alpha value is -2.41. The van der Waals surface area contributed by atoms with Gasteiger partial charge in [0.05, 0.1) is 17.6 Å². The van der Waals surface area contributed by atoms with Gasteiger partial charge in [0.25, 0.3) is 5.91 Å². The Balaban J connectivity index is 1.71. The molecule has 4 heterocycles. The summed E-state index contributed by atoms with van der Waals surface area (Å²) in [5.41, 5.74) is 2.98. The summed E-state index contributed by atoms with van der Waals surface area (Å²) in [5.74, 6) is 1.36. The third-order valence-corrected chi connectivity index (χ3v) is 5.13. The molecule has 0 saturated carbocycles. The first-order valence-electron chi connectivity index (χ1n) is 8.01. The van der Waals surface area contributed by atoms with E-state index >= 15 is 0 Å². The maximum Gasteiger partial charge on any atom is 0.264 e. The number of carbonyl (C=O) groups excluding carboxylic acids is 1. The minimum atomic E-state index is 0.0782. The van der Waals surface area contributed by atoms with Crippen molar-refractivity contribution in [3.63, 3.8) is 0 Å². The van der Waals surface area contributed by atoms with Crippen molar-refractivity contribution in [3.05, 3.63) is 45.6 Å². The fourth-order valence-electron chi connectivity index (χ4n) is 3.12. The molecule has 1 aliphatic rings. The molecule has 1 aliphatic heterocycles. The van der Waals surface area contributed by atoms with E-state index in [0.29, 0.717) is 19.0 Å². The summed E-state index contributed by atoms with van der Waals surface area (Å²) in [6.45, 7) is 5.98. The molecule has 7 heteroatoms. The number of aryl methyl sites for hydroxylation is 2.